The third kappa shape index (κ3) is 11.9. The topological polar surface area (TPSA) is 164 Å². The summed E-state index contributed by atoms with van der Waals surface area (Å²) >= 11 is 0. The molecule has 15 rings (SSSR count). The van der Waals surface area contributed by atoms with E-state index in [9.17, 15) is 28.8 Å². The summed E-state index contributed by atoms with van der Waals surface area (Å²) < 4.78 is 35.7. The molecule has 12 fully saturated rings. The normalized spacial score (nSPS) is 32.7. The lowest BCUT2D eigenvalue weighted by molar-refractivity contribution is -0.174. The molecule has 80 heavy (non-hydrogen) atoms. The molecule has 0 N–H and O–H groups in total. The summed E-state index contributed by atoms with van der Waals surface area (Å²) in [5.41, 5.74) is 1.17. The van der Waals surface area contributed by atoms with Crippen LogP contribution >= 0.6 is 0 Å². The molecule has 0 radical (unpaired) electrons. The number of esters is 6. The number of carbonyl (C=O) groups is 6. The monoisotopic (exact) mass is 1090 g/mol. The third-order valence-electron chi connectivity index (χ3n) is 21.1. The fourth-order valence-electron chi connectivity index (χ4n) is 18.6. The summed E-state index contributed by atoms with van der Waals surface area (Å²) in [5.74, 6) is 3.32. The van der Waals surface area contributed by atoms with Crippen molar-refractivity contribution in [3.05, 3.63) is 107 Å². The van der Waals surface area contributed by atoms with Gasteiger partial charge in [-0.25, -0.2) is 14.4 Å². The summed E-state index contributed by atoms with van der Waals surface area (Å²) in [6.45, 7) is 3.34. The van der Waals surface area contributed by atoms with Crippen LogP contribution in [-0.4, -0.2) is 125 Å². The fourth-order valence-corrected chi connectivity index (χ4v) is 18.6. The Morgan fingerprint density at radius 2 is 0.650 bits per heavy atom. The molecule has 0 aliphatic heterocycles. The second kappa shape index (κ2) is 23.7. The number of hydrogen-bond donors (Lipinski definition) is 0. The summed E-state index contributed by atoms with van der Waals surface area (Å²) in [6.07, 6.45) is 17.5. The summed E-state index contributed by atoms with van der Waals surface area (Å²) in [7, 11) is 0. The van der Waals surface area contributed by atoms with Crippen LogP contribution in [0.1, 0.15) is 152 Å². The molecule has 3 aromatic carbocycles. The van der Waals surface area contributed by atoms with Crippen molar-refractivity contribution in [1.29, 1.82) is 0 Å². The highest BCUT2D eigenvalue weighted by molar-refractivity contribution is 5.92. The van der Waals surface area contributed by atoms with E-state index in [-0.39, 0.29) is 86.1 Å². The highest BCUT2D eigenvalue weighted by Crippen LogP contribution is 2.66. The van der Waals surface area contributed by atoms with Crippen molar-refractivity contribution in [2.75, 3.05) is 78.9 Å². The first-order valence-electron chi connectivity index (χ1n) is 30.6. The van der Waals surface area contributed by atoms with Gasteiger partial charge >= 0.3 is 35.8 Å². The molecule has 0 saturated heterocycles. The van der Waals surface area contributed by atoms with Gasteiger partial charge in [0.1, 0.15) is 39.6 Å². The highest BCUT2D eigenvalue weighted by atomic mass is 16.6. The number of nitrogens with zero attached hydrogens (tertiary/aromatic N) is 2. The molecule has 2 unspecified atom stereocenters. The van der Waals surface area contributed by atoms with Gasteiger partial charge < -0.3 is 28.4 Å². The number of benzene rings is 3. The van der Waals surface area contributed by atoms with Crippen LogP contribution in [0.25, 0.3) is 0 Å². The molecule has 12 aliphatic carbocycles. The Hall–Kier alpha value is -5.60. The van der Waals surface area contributed by atoms with Gasteiger partial charge in [0.05, 0.1) is 32.9 Å². The zero-order chi connectivity index (χ0) is 54.8. The van der Waals surface area contributed by atoms with Crippen LogP contribution in [0.4, 0.5) is 0 Å². The Morgan fingerprint density at radius 1 is 0.350 bits per heavy atom. The van der Waals surface area contributed by atoms with E-state index in [2.05, 4.69) is 11.0 Å². The molecule has 2 atom stereocenters. The van der Waals surface area contributed by atoms with Crippen LogP contribution < -0.4 is 0 Å². The Labute approximate surface area is 471 Å². The van der Waals surface area contributed by atoms with Crippen molar-refractivity contribution in [2.45, 2.75) is 115 Å². The van der Waals surface area contributed by atoms with Crippen LogP contribution in [0.15, 0.2) is 84.9 Å². The van der Waals surface area contributed by atoms with Crippen molar-refractivity contribution < 1.29 is 57.2 Å². The Morgan fingerprint density at radius 3 is 1.02 bits per heavy atom. The molecule has 0 spiro atoms. The second-order valence-corrected chi connectivity index (χ2v) is 26.5. The first-order chi connectivity index (χ1) is 38.9. The maximum atomic E-state index is 14.5. The molecule has 14 heteroatoms. The molecular formula is C66H82N2O12. The van der Waals surface area contributed by atoms with Gasteiger partial charge in [0, 0.05) is 39.3 Å². The van der Waals surface area contributed by atoms with E-state index in [1.807, 2.05) is 35.2 Å². The van der Waals surface area contributed by atoms with E-state index >= 15 is 0 Å². The SMILES string of the molecule is O=C(OCCN(CCOC(=O)c1ccccc1)CCOC(=O)c1ccccc1C1C2CC3CC1CC(C(=O)OCCN(CCOC(=O)C14CC5CC(CC(C5)C1)C4)CCOC(=O)C14CC5CC(CC(C5)C1)C4)(C3)C2)c1ccccc1. The average Bonchev–Trinajstić information content (AvgIpc) is 3.19. The predicted octanol–water partition coefficient (Wildman–Crippen LogP) is 10.1. The van der Waals surface area contributed by atoms with Gasteiger partial charge in [0.2, 0.25) is 0 Å². The average molecular weight is 1100 g/mol. The van der Waals surface area contributed by atoms with Gasteiger partial charge in [0.25, 0.3) is 0 Å². The van der Waals surface area contributed by atoms with Crippen molar-refractivity contribution in [3.63, 3.8) is 0 Å². The van der Waals surface area contributed by atoms with E-state index in [0.29, 0.717) is 110 Å². The first-order valence-corrected chi connectivity index (χ1v) is 30.6. The number of hydrogen-bond acceptors (Lipinski definition) is 14. The van der Waals surface area contributed by atoms with Gasteiger partial charge in [-0.1, -0.05) is 54.6 Å². The van der Waals surface area contributed by atoms with Crippen molar-refractivity contribution in [1.82, 2.24) is 9.80 Å². The molecule has 0 heterocycles. The summed E-state index contributed by atoms with van der Waals surface area (Å²) in [5, 5.41) is 0. The van der Waals surface area contributed by atoms with Gasteiger partial charge in [-0.05, 0) is 204 Å². The minimum absolute atomic E-state index is 0.0348. The van der Waals surface area contributed by atoms with Crippen LogP contribution in [0, 0.1) is 69.5 Å². The minimum atomic E-state index is -0.581. The van der Waals surface area contributed by atoms with Gasteiger partial charge in [-0.15, -0.1) is 0 Å². The molecule has 12 saturated carbocycles. The van der Waals surface area contributed by atoms with Crippen LogP contribution in [0.2, 0.25) is 0 Å². The smallest absolute Gasteiger partial charge is 0.338 e. The van der Waals surface area contributed by atoms with Crippen LogP contribution in [0.3, 0.4) is 0 Å². The molecular weight excluding hydrogens is 1010 g/mol. The maximum absolute atomic E-state index is 14.5. The maximum Gasteiger partial charge on any atom is 0.338 e. The standard InChI is InChI=1S/C66H82N2O12/c69-58(51-9-3-1-4-10-51)75-21-15-67(16-22-76-59(70)52-11-5-2-6-12-52)17-23-77-60(71)56-14-8-7-13-55(56)57-53-33-50-34-54(57)43-66(41-50,42-53)63(74)80-26-20-68(18-24-78-61(72)64-35-44-27-45(36-64)29-46(28-44)37-64)19-25-79-62(73)65-38-47-30-48(39-65)32-49(31-47)40-65/h1-14,44-50,53-54,57H,15-43H2. The first kappa shape index (κ1) is 55.0. The van der Waals surface area contributed by atoms with Crippen molar-refractivity contribution in [2.24, 2.45) is 69.5 Å². The third-order valence-corrected chi connectivity index (χ3v) is 21.1. The summed E-state index contributed by atoms with van der Waals surface area (Å²) in [6, 6.07) is 25.3. The number of carbonyl (C=O) groups excluding carboxylic acids is 6. The number of rotatable bonds is 25. The quantitative estimate of drug-likeness (QED) is 0.0581. The minimum Gasteiger partial charge on any atom is -0.464 e. The van der Waals surface area contributed by atoms with Gasteiger partial charge in [-0.2, -0.15) is 0 Å². The van der Waals surface area contributed by atoms with E-state index in [0.717, 1.165) is 63.4 Å². The second-order valence-electron chi connectivity index (χ2n) is 26.5. The zero-order valence-electron chi connectivity index (χ0n) is 46.7. The zero-order valence-corrected chi connectivity index (χ0v) is 46.7. The van der Waals surface area contributed by atoms with Gasteiger partial charge in [-0.3, -0.25) is 24.2 Å². The Balaban J connectivity index is 0.647. The molecule has 0 aromatic heterocycles. The molecule has 3 aromatic rings. The van der Waals surface area contributed by atoms with E-state index < -0.39 is 23.3 Å². The van der Waals surface area contributed by atoms with Crippen molar-refractivity contribution >= 4 is 35.8 Å². The largest absolute Gasteiger partial charge is 0.464 e. The fraction of sp³-hybridized carbons (Fsp3) is 0.636. The summed E-state index contributed by atoms with van der Waals surface area (Å²) in [4.78, 5) is 85.8. The lowest BCUT2D eigenvalue weighted by atomic mass is 9.45. The molecule has 12 aliphatic rings. The van der Waals surface area contributed by atoms with E-state index in [1.165, 1.54) is 38.5 Å². The molecule has 428 valence electrons. The lowest BCUT2D eigenvalue weighted by Gasteiger charge is -2.59. The van der Waals surface area contributed by atoms with Crippen LogP contribution in [-0.2, 0) is 42.8 Å². The Bertz CT molecular complexity index is 2520. The van der Waals surface area contributed by atoms with E-state index in [4.69, 9.17) is 28.4 Å². The molecule has 12 bridgehead atoms. The molecule has 14 nitrogen and oxygen atoms in total. The Kier molecular flexibility index (Phi) is 16.3. The van der Waals surface area contributed by atoms with Crippen molar-refractivity contribution in [3.8, 4) is 0 Å². The lowest BCUT2D eigenvalue weighted by Crippen LogP contribution is -2.54. The number of ether oxygens (including phenoxy) is 6. The molecule has 0 amide bonds. The van der Waals surface area contributed by atoms with Gasteiger partial charge in [0.15, 0.2) is 0 Å². The van der Waals surface area contributed by atoms with E-state index in [1.54, 1.807) is 48.5 Å². The highest BCUT2D eigenvalue weighted by Gasteiger charge is 2.60. The van der Waals surface area contributed by atoms with Crippen LogP contribution in [0.5, 0.6) is 0 Å². The predicted molar refractivity (Wildman–Crippen MR) is 296 cm³/mol.